The number of benzene rings is 1. The first-order valence-corrected chi connectivity index (χ1v) is 8.91. The molecule has 5 heteroatoms. The molecule has 0 saturated carbocycles. The number of carbonyl (C=O) groups is 3. The summed E-state index contributed by atoms with van der Waals surface area (Å²) in [5, 5.41) is 0. The minimum atomic E-state index is -0.595. The number of allylic oxidation sites excluding steroid dienone is 1. The van der Waals surface area contributed by atoms with Crippen molar-refractivity contribution in [2.75, 3.05) is 6.61 Å². The first-order chi connectivity index (χ1) is 12.2. The van der Waals surface area contributed by atoms with Gasteiger partial charge >= 0.3 is 6.09 Å². The van der Waals surface area contributed by atoms with E-state index in [1.807, 2.05) is 51.1 Å². The van der Waals surface area contributed by atoms with E-state index in [1.165, 1.54) is 11.0 Å². The number of hydrogen-bond donors (Lipinski definition) is 0. The summed E-state index contributed by atoms with van der Waals surface area (Å²) in [6.07, 6.45) is 3.54. The molecule has 1 heterocycles. The van der Waals surface area contributed by atoms with Gasteiger partial charge in [-0.3, -0.25) is 4.79 Å². The summed E-state index contributed by atoms with van der Waals surface area (Å²) in [6, 6.07) is 9.48. The van der Waals surface area contributed by atoms with E-state index in [9.17, 15) is 14.4 Å². The van der Waals surface area contributed by atoms with E-state index in [4.69, 9.17) is 4.74 Å². The van der Waals surface area contributed by atoms with Crippen molar-refractivity contribution < 1.29 is 19.1 Å². The lowest BCUT2D eigenvalue weighted by Gasteiger charge is -2.30. The van der Waals surface area contributed by atoms with Crippen molar-refractivity contribution in [3.8, 4) is 0 Å². The summed E-state index contributed by atoms with van der Waals surface area (Å²) in [5.74, 6) is -0.252. The van der Waals surface area contributed by atoms with Gasteiger partial charge in [0, 0.05) is 6.42 Å². The monoisotopic (exact) mass is 357 g/mol. The van der Waals surface area contributed by atoms with E-state index >= 15 is 0 Å². The van der Waals surface area contributed by atoms with Crippen molar-refractivity contribution in [2.45, 2.75) is 52.5 Å². The summed E-state index contributed by atoms with van der Waals surface area (Å²) in [5.41, 5.74) is 0.810. The quantitative estimate of drug-likeness (QED) is 0.719. The zero-order valence-electron chi connectivity index (χ0n) is 15.9. The lowest BCUT2D eigenvalue weighted by molar-refractivity contribution is -0.125. The van der Waals surface area contributed by atoms with Crippen LogP contribution in [0, 0.1) is 5.41 Å². The van der Waals surface area contributed by atoms with E-state index in [0.29, 0.717) is 12.8 Å². The summed E-state index contributed by atoms with van der Waals surface area (Å²) in [7, 11) is 0. The van der Waals surface area contributed by atoms with Crippen molar-refractivity contribution in [1.29, 1.82) is 0 Å². The average molecular weight is 357 g/mol. The Morgan fingerprint density at radius 2 is 1.92 bits per heavy atom. The first-order valence-electron chi connectivity index (χ1n) is 8.91. The van der Waals surface area contributed by atoms with Crippen LogP contribution in [0.25, 0.3) is 0 Å². The van der Waals surface area contributed by atoms with Gasteiger partial charge < -0.3 is 9.53 Å². The number of cyclic esters (lactones) is 1. The van der Waals surface area contributed by atoms with Crippen LogP contribution in [0.15, 0.2) is 42.5 Å². The molecule has 0 N–H and O–H groups in total. The Balaban J connectivity index is 2.08. The molecule has 0 radical (unpaired) electrons. The maximum Gasteiger partial charge on any atom is 0.417 e. The van der Waals surface area contributed by atoms with Crippen LogP contribution in [0.1, 0.15) is 52.0 Å². The third-order valence-electron chi connectivity index (χ3n) is 4.60. The van der Waals surface area contributed by atoms with Crippen molar-refractivity contribution in [3.05, 3.63) is 48.0 Å². The van der Waals surface area contributed by atoms with Gasteiger partial charge in [-0.2, -0.15) is 0 Å². The van der Waals surface area contributed by atoms with Crippen molar-refractivity contribution in [1.82, 2.24) is 4.90 Å². The average Bonchev–Trinajstić information content (AvgIpc) is 2.96. The van der Waals surface area contributed by atoms with Crippen LogP contribution in [0.4, 0.5) is 4.79 Å². The number of imide groups is 1. The SMILES string of the molecule is CC(=O)C[C@H](C/C=C/C(=O)N1C(=O)OC[C@@H]1C(C)(C)C)c1ccccc1. The number of carbonyl (C=O) groups excluding carboxylic acids is 3. The van der Waals surface area contributed by atoms with Gasteiger partial charge in [0.2, 0.25) is 0 Å². The van der Waals surface area contributed by atoms with Crippen LogP contribution in [0.3, 0.4) is 0 Å². The molecule has 2 amide bonds. The summed E-state index contributed by atoms with van der Waals surface area (Å²) >= 11 is 0. The predicted molar refractivity (Wildman–Crippen MR) is 99.7 cm³/mol. The lowest BCUT2D eigenvalue weighted by Crippen LogP contribution is -2.45. The fourth-order valence-corrected chi connectivity index (χ4v) is 3.13. The Morgan fingerprint density at radius 3 is 2.50 bits per heavy atom. The molecule has 1 aromatic rings. The number of rotatable bonds is 6. The highest BCUT2D eigenvalue weighted by atomic mass is 16.6. The zero-order valence-corrected chi connectivity index (χ0v) is 15.9. The number of hydrogen-bond acceptors (Lipinski definition) is 4. The van der Waals surface area contributed by atoms with Gasteiger partial charge in [0.05, 0.1) is 6.04 Å². The predicted octanol–water partition coefficient (Wildman–Crippen LogP) is 4.09. The topological polar surface area (TPSA) is 63.7 Å². The Labute approximate surface area is 155 Å². The van der Waals surface area contributed by atoms with E-state index < -0.39 is 6.09 Å². The third kappa shape index (κ3) is 5.04. The molecule has 0 aromatic heterocycles. The molecule has 140 valence electrons. The Morgan fingerprint density at radius 1 is 1.27 bits per heavy atom. The Bertz CT molecular complexity index is 688. The molecule has 1 fully saturated rings. The molecule has 1 saturated heterocycles. The van der Waals surface area contributed by atoms with Gasteiger partial charge in [0.25, 0.3) is 5.91 Å². The van der Waals surface area contributed by atoms with E-state index in [0.717, 1.165) is 5.56 Å². The standard InChI is InChI=1S/C21H27NO4/c1-15(23)13-17(16-9-6-5-7-10-16)11-8-12-19(24)22-18(21(2,3)4)14-26-20(22)25/h5-10,12,17-18H,11,13-14H2,1-4H3/b12-8+/t17-,18+/m0/s1. The van der Waals surface area contributed by atoms with Crippen LogP contribution in [-0.4, -0.2) is 35.3 Å². The second kappa shape index (κ2) is 8.30. The molecule has 5 nitrogen and oxygen atoms in total. The van der Waals surface area contributed by atoms with Crippen LogP contribution in [0.2, 0.25) is 0 Å². The molecular formula is C21H27NO4. The second-order valence-corrected chi connectivity index (χ2v) is 7.82. The maximum absolute atomic E-state index is 12.5. The minimum Gasteiger partial charge on any atom is -0.447 e. The van der Waals surface area contributed by atoms with Crippen LogP contribution in [-0.2, 0) is 14.3 Å². The van der Waals surface area contributed by atoms with E-state index in [2.05, 4.69) is 0 Å². The highest BCUT2D eigenvalue weighted by Gasteiger charge is 2.43. The van der Waals surface area contributed by atoms with Crippen LogP contribution < -0.4 is 0 Å². The van der Waals surface area contributed by atoms with Crippen molar-refractivity contribution in [2.24, 2.45) is 5.41 Å². The number of ketones is 1. The second-order valence-electron chi connectivity index (χ2n) is 7.82. The normalized spacial score (nSPS) is 18.8. The summed E-state index contributed by atoms with van der Waals surface area (Å²) < 4.78 is 5.06. The molecule has 2 rings (SSSR count). The first kappa shape index (κ1) is 19.9. The highest BCUT2D eigenvalue weighted by molar-refractivity contribution is 5.99. The minimum absolute atomic E-state index is 0.0155. The molecule has 2 atom stereocenters. The van der Waals surface area contributed by atoms with Gasteiger partial charge in [-0.25, -0.2) is 9.69 Å². The van der Waals surface area contributed by atoms with Crippen LogP contribution in [0.5, 0.6) is 0 Å². The number of nitrogens with zero attached hydrogens (tertiary/aromatic N) is 1. The largest absolute Gasteiger partial charge is 0.447 e. The molecule has 1 aromatic carbocycles. The van der Waals surface area contributed by atoms with Crippen molar-refractivity contribution >= 4 is 17.8 Å². The summed E-state index contributed by atoms with van der Waals surface area (Å²) in [4.78, 5) is 37.2. The third-order valence-corrected chi connectivity index (χ3v) is 4.60. The Hall–Kier alpha value is -2.43. The smallest absolute Gasteiger partial charge is 0.417 e. The molecule has 1 aliphatic heterocycles. The van der Waals surface area contributed by atoms with Gasteiger partial charge in [0.15, 0.2) is 0 Å². The van der Waals surface area contributed by atoms with E-state index in [-0.39, 0.29) is 35.7 Å². The molecule has 0 aliphatic carbocycles. The van der Waals surface area contributed by atoms with E-state index in [1.54, 1.807) is 13.0 Å². The Kier molecular flexibility index (Phi) is 6.35. The molecular weight excluding hydrogens is 330 g/mol. The fourth-order valence-electron chi connectivity index (χ4n) is 3.13. The fraction of sp³-hybridized carbons (Fsp3) is 0.476. The number of ether oxygens (including phenoxy) is 1. The van der Waals surface area contributed by atoms with Gasteiger partial charge in [0.1, 0.15) is 12.4 Å². The maximum atomic E-state index is 12.5. The molecule has 26 heavy (non-hydrogen) atoms. The van der Waals surface area contributed by atoms with Gasteiger partial charge in [-0.1, -0.05) is 57.2 Å². The highest BCUT2D eigenvalue weighted by Crippen LogP contribution is 2.30. The number of Topliss-reactive ketones (excluding diaryl/α,β-unsaturated/α-hetero) is 1. The molecule has 0 unspecified atom stereocenters. The van der Waals surface area contributed by atoms with Gasteiger partial charge in [-0.05, 0) is 36.3 Å². The number of amides is 2. The molecule has 1 aliphatic rings. The lowest BCUT2D eigenvalue weighted by atomic mass is 9.86. The zero-order chi connectivity index (χ0) is 19.3. The van der Waals surface area contributed by atoms with Crippen molar-refractivity contribution in [3.63, 3.8) is 0 Å². The molecule has 0 bridgehead atoms. The van der Waals surface area contributed by atoms with Gasteiger partial charge in [-0.15, -0.1) is 0 Å². The molecule has 0 spiro atoms. The summed E-state index contributed by atoms with van der Waals surface area (Å²) in [6.45, 7) is 7.71. The van der Waals surface area contributed by atoms with Crippen LogP contribution >= 0.6 is 0 Å².